The molecule has 5 nitrogen and oxygen atoms in total. The zero-order valence-electron chi connectivity index (χ0n) is 23.0. The third kappa shape index (κ3) is 8.29. The number of nitrogens with one attached hydrogen (secondary N) is 2. The Morgan fingerprint density at radius 3 is 2.43 bits per heavy atom. The van der Waals surface area contributed by atoms with E-state index in [2.05, 4.69) is 71.0 Å². The number of hydrogen-bond acceptors (Lipinski definition) is 5. The number of benzene rings is 2. The van der Waals surface area contributed by atoms with Crippen molar-refractivity contribution in [1.82, 2.24) is 15.3 Å². The van der Waals surface area contributed by atoms with Crippen LogP contribution in [-0.2, 0) is 0 Å². The SMILES string of the molecule is CCCCCC/C(=C\c1ccccc1)CNC[C@H]1CC[C@@H](Nc2nc(N(C)C)c3ccccc3n2)CC1. The monoisotopic (exact) mass is 499 g/mol. The first-order valence-electron chi connectivity index (χ1n) is 14.3. The molecule has 0 radical (unpaired) electrons. The van der Waals surface area contributed by atoms with Crippen LogP contribution in [0.4, 0.5) is 11.8 Å². The van der Waals surface area contributed by atoms with Crippen molar-refractivity contribution >= 4 is 28.7 Å². The largest absolute Gasteiger partial charge is 0.362 e. The van der Waals surface area contributed by atoms with Crippen molar-refractivity contribution in [3.8, 4) is 0 Å². The molecule has 3 aromatic rings. The maximum absolute atomic E-state index is 4.84. The zero-order valence-corrected chi connectivity index (χ0v) is 23.0. The predicted octanol–water partition coefficient (Wildman–Crippen LogP) is 7.31. The van der Waals surface area contributed by atoms with Crippen LogP contribution in [0, 0.1) is 5.92 Å². The van der Waals surface area contributed by atoms with E-state index in [1.165, 1.54) is 68.9 Å². The van der Waals surface area contributed by atoms with Crippen molar-refractivity contribution in [1.29, 1.82) is 0 Å². The van der Waals surface area contributed by atoms with Crippen LogP contribution in [0.1, 0.15) is 70.3 Å². The Morgan fingerprint density at radius 1 is 0.919 bits per heavy atom. The molecule has 0 aliphatic heterocycles. The molecule has 1 heterocycles. The smallest absolute Gasteiger partial charge is 0.225 e. The Labute approximate surface area is 223 Å². The fraction of sp³-hybridized carbons (Fsp3) is 0.500. The minimum Gasteiger partial charge on any atom is -0.362 e. The molecular weight excluding hydrogens is 454 g/mol. The lowest BCUT2D eigenvalue weighted by molar-refractivity contribution is 0.327. The maximum atomic E-state index is 4.84. The topological polar surface area (TPSA) is 53.1 Å². The van der Waals surface area contributed by atoms with Gasteiger partial charge < -0.3 is 15.5 Å². The molecule has 0 saturated heterocycles. The first-order chi connectivity index (χ1) is 18.1. The standard InChI is InChI=1S/C32H45N5/c1-4-5-6-8-15-27(22-25-13-9-7-10-14-25)24-33-23-26-18-20-28(21-19-26)34-32-35-30-17-12-11-16-29(30)31(36-32)37(2)3/h7,9-14,16-17,22,26,28,33H,4-6,8,15,18-21,23-24H2,1-3H3,(H,34,35,36)/b27-22+/t26-,28+. The molecule has 1 aliphatic rings. The first-order valence-corrected chi connectivity index (χ1v) is 14.3. The van der Waals surface area contributed by atoms with Gasteiger partial charge in [-0.15, -0.1) is 0 Å². The number of nitrogens with zero attached hydrogens (tertiary/aromatic N) is 3. The summed E-state index contributed by atoms with van der Waals surface area (Å²) < 4.78 is 0. The van der Waals surface area contributed by atoms with E-state index in [0.717, 1.165) is 41.7 Å². The lowest BCUT2D eigenvalue weighted by Crippen LogP contribution is -2.32. The third-order valence-electron chi connectivity index (χ3n) is 7.49. The second-order valence-corrected chi connectivity index (χ2v) is 10.8. The summed E-state index contributed by atoms with van der Waals surface area (Å²) in [5, 5.41) is 8.54. The zero-order chi connectivity index (χ0) is 25.9. The van der Waals surface area contributed by atoms with Gasteiger partial charge in [-0.3, -0.25) is 0 Å². The summed E-state index contributed by atoms with van der Waals surface area (Å²) in [5.74, 6) is 2.47. The lowest BCUT2D eigenvalue weighted by Gasteiger charge is -2.29. The number of unbranched alkanes of at least 4 members (excludes halogenated alkanes) is 3. The second-order valence-electron chi connectivity index (χ2n) is 10.8. The number of rotatable bonds is 13. The molecule has 2 aromatic carbocycles. The number of para-hydroxylation sites is 1. The van der Waals surface area contributed by atoms with Gasteiger partial charge in [0.2, 0.25) is 5.95 Å². The summed E-state index contributed by atoms with van der Waals surface area (Å²) >= 11 is 0. The molecule has 0 spiro atoms. The Balaban J connectivity index is 1.26. The van der Waals surface area contributed by atoms with E-state index in [1.807, 2.05) is 26.2 Å². The van der Waals surface area contributed by atoms with E-state index in [-0.39, 0.29) is 0 Å². The van der Waals surface area contributed by atoms with Crippen LogP contribution in [0.25, 0.3) is 17.0 Å². The molecule has 0 bridgehead atoms. The van der Waals surface area contributed by atoms with Crippen LogP contribution in [0.15, 0.2) is 60.2 Å². The van der Waals surface area contributed by atoms with Crippen molar-refractivity contribution in [3.05, 3.63) is 65.7 Å². The van der Waals surface area contributed by atoms with Crippen LogP contribution in [0.2, 0.25) is 0 Å². The van der Waals surface area contributed by atoms with Crippen LogP contribution in [-0.4, -0.2) is 43.2 Å². The van der Waals surface area contributed by atoms with Gasteiger partial charge in [0.15, 0.2) is 0 Å². The minimum atomic E-state index is 0.444. The molecule has 198 valence electrons. The van der Waals surface area contributed by atoms with E-state index >= 15 is 0 Å². The van der Waals surface area contributed by atoms with Crippen molar-refractivity contribution in [2.45, 2.75) is 70.8 Å². The van der Waals surface area contributed by atoms with Crippen molar-refractivity contribution in [3.63, 3.8) is 0 Å². The van der Waals surface area contributed by atoms with E-state index in [9.17, 15) is 0 Å². The Kier molecular flexibility index (Phi) is 10.4. The maximum Gasteiger partial charge on any atom is 0.225 e. The van der Waals surface area contributed by atoms with Crippen molar-refractivity contribution < 1.29 is 0 Å². The number of hydrogen-bond donors (Lipinski definition) is 2. The number of fused-ring (bicyclic) bond motifs is 1. The fourth-order valence-electron chi connectivity index (χ4n) is 5.37. The Morgan fingerprint density at radius 2 is 1.68 bits per heavy atom. The van der Waals surface area contributed by atoms with Crippen molar-refractivity contribution in [2.75, 3.05) is 37.4 Å². The first kappa shape index (κ1) is 27.1. The Bertz CT molecular complexity index is 1120. The summed E-state index contributed by atoms with van der Waals surface area (Å²) in [5.41, 5.74) is 3.84. The third-order valence-corrected chi connectivity index (χ3v) is 7.49. The average molecular weight is 500 g/mol. The predicted molar refractivity (Wildman–Crippen MR) is 159 cm³/mol. The van der Waals surface area contributed by atoms with Crippen LogP contribution in [0.3, 0.4) is 0 Å². The van der Waals surface area contributed by atoms with Gasteiger partial charge in [-0.25, -0.2) is 4.98 Å². The molecule has 37 heavy (non-hydrogen) atoms. The van der Waals surface area contributed by atoms with E-state index < -0.39 is 0 Å². The molecular formula is C32H45N5. The van der Waals surface area contributed by atoms with Crippen LogP contribution in [0.5, 0.6) is 0 Å². The molecule has 0 amide bonds. The van der Waals surface area contributed by atoms with E-state index in [1.54, 1.807) is 0 Å². The molecule has 1 fully saturated rings. The van der Waals surface area contributed by atoms with Gasteiger partial charge in [-0.1, -0.05) is 80.3 Å². The van der Waals surface area contributed by atoms with Crippen molar-refractivity contribution in [2.24, 2.45) is 5.92 Å². The molecule has 0 unspecified atom stereocenters. The number of anilines is 2. The number of aromatic nitrogens is 2. The normalized spacial score (nSPS) is 18.2. The van der Waals surface area contributed by atoms with Gasteiger partial charge in [0.1, 0.15) is 5.82 Å². The second kappa shape index (κ2) is 14.1. The van der Waals surface area contributed by atoms with Gasteiger partial charge in [0.25, 0.3) is 0 Å². The highest BCUT2D eigenvalue weighted by Gasteiger charge is 2.22. The van der Waals surface area contributed by atoms with Gasteiger partial charge in [-0.2, -0.15) is 4.98 Å². The molecule has 0 atom stereocenters. The molecule has 1 aliphatic carbocycles. The summed E-state index contributed by atoms with van der Waals surface area (Å²) in [6.45, 7) is 4.38. The van der Waals surface area contributed by atoms with E-state index in [0.29, 0.717) is 6.04 Å². The van der Waals surface area contributed by atoms with E-state index in [4.69, 9.17) is 9.97 Å². The highest BCUT2D eigenvalue weighted by atomic mass is 15.2. The molecule has 2 N–H and O–H groups in total. The van der Waals surface area contributed by atoms with Crippen LogP contribution < -0.4 is 15.5 Å². The minimum absolute atomic E-state index is 0.444. The van der Waals surface area contributed by atoms with Crippen LogP contribution >= 0.6 is 0 Å². The molecule has 5 heteroatoms. The van der Waals surface area contributed by atoms with Gasteiger partial charge in [0.05, 0.1) is 5.52 Å². The molecule has 4 rings (SSSR count). The molecule has 1 saturated carbocycles. The molecule has 1 aromatic heterocycles. The summed E-state index contributed by atoms with van der Waals surface area (Å²) in [6.07, 6.45) is 13.7. The lowest BCUT2D eigenvalue weighted by atomic mass is 9.86. The van der Waals surface area contributed by atoms with Gasteiger partial charge in [-0.05, 0) is 68.7 Å². The summed E-state index contributed by atoms with van der Waals surface area (Å²) in [7, 11) is 4.09. The summed E-state index contributed by atoms with van der Waals surface area (Å²) in [6, 6.07) is 19.5. The quantitative estimate of drug-likeness (QED) is 0.242. The average Bonchev–Trinajstić information content (AvgIpc) is 2.92. The highest BCUT2D eigenvalue weighted by molar-refractivity contribution is 5.90. The fourth-order valence-corrected chi connectivity index (χ4v) is 5.37. The highest BCUT2D eigenvalue weighted by Crippen LogP contribution is 2.28. The van der Waals surface area contributed by atoms with Gasteiger partial charge in [0, 0.05) is 32.1 Å². The Hall–Kier alpha value is -2.92. The summed E-state index contributed by atoms with van der Waals surface area (Å²) in [4.78, 5) is 11.7. The van der Waals surface area contributed by atoms with Gasteiger partial charge >= 0.3 is 0 Å².